The summed E-state index contributed by atoms with van der Waals surface area (Å²) in [4.78, 5) is 52.6. The molecule has 0 aliphatic carbocycles. The van der Waals surface area contributed by atoms with Crippen LogP contribution < -0.4 is 16.0 Å². The van der Waals surface area contributed by atoms with Crippen molar-refractivity contribution in [1.82, 2.24) is 16.0 Å². The third-order valence-corrected chi connectivity index (χ3v) is 18.4. The quantitative estimate of drug-likeness (QED) is 0.0306. The molecule has 4 fully saturated rings. The highest BCUT2D eigenvalue weighted by Crippen LogP contribution is 2.40. The average molecular weight is 1370 g/mol. The molecule has 554 valence electrons. The van der Waals surface area contributed by atoms with Crippen molar-refractivity contribution in [2.24, 2.45) is 0 Å². The van der Waals surface area contributed by atoms with Gasteiger partial charge in [-0.3, -0.25) is 14.4 Å². The van der Waals surface area contributed by atoms with Gasteiger partial charge >= 0.3 is 5.97 Å². The van der Waals surface area contributed by atoms with E-state index in [0.717, 1.165) is 65.2 Å². The smallest absolute Gasteiger partial charge is 0.364 e. The Morgan fingerprint density at radius 3 is 1.56 bits per heavy atom. The lowest BCUT2D eigenvalue weighted by atomic mass is 9.88. The van der Waals surface area contributed by atoms with Gasteiger partial charge in [0.2, 0.25) is 17.7 Å². The minimum atomic E-state index is -3.17. The normalized spacial score (nSPS) is 32.6. The van der Waals surface area contributed by atoms with Gasteiger partial charge in [-0.15, -0.1) is 0 Å². The van der Waals surface area contributed by atoms with E-state index < -0.39 is 191 Å². The first-order valence-electron chi connectivity index (χ1n) is 35.4. The van der Waals surface area contributed by atoms with Crippen LogP contribution in [0.3, 0.4) is 0 Å². The summed E-state index contributed by atoms with van der Waals surface area (Å²) in [6.07, 6.45) is -3.16. The number of carbonyl (C=O) groups excluding carboxylic acids is 3. The summed E-state index contributed by atoms with van der Waals surface area (Å²) in [5.41, 5.74) is 0. The summed E-state index contributed by atoms with van der Waals surface area (Å²) in [5, 5.41) is 151. The molecular weight excluding hydrogens is 1250 g/mol. The summed E-state index contributed by atoms with van der Waals surface area (Å²) in [6, 6.07) is -4.41. The van der Waals surface area contributed by atoms with Crippen LogP contribution in [-0.4, -0.2) is 257 Å². The Hall–Kier alpha value is -3.18. The van der Waals surface area contributed by atoms with E-state index >= 15 is 0 Å². The second-order valence-electron chi connectivity index (χ2n) is 26.5. The van der Waals surface area contributed by atoms with Crippen molar-refractivity contribution in [3.05, 3.63) is 12.2 Å². The molecule has 0 aromatic carbocycles. The number of ether oxygens (including phenoxy) is 8. The highest BCUT2D eigenvalue weighted by atomic mass is 16.8. The van der Waals surface area contributed by atoms with Gasteiger partial charge in [0.15, 0.2) is 18.9 Å². The summed E-state index contributed by atoms with van der Waals surface area (Å²) in [5.74, 6) is -7.13. The van der Waals surface area contributed by atoms with E-state index in [1.54, 1.807) is 6.08 Å². The van der Waals surface area contributed by atoms with E-state index in [0.29, 0.717) is 12.8 Å². The number of aliphatic carboxylic acids is 1. The number of rotatable bonds is 48. The lowest BCUT2D eigenvalue weighted by molar-refractivity contribution is -0.391. The van der Waals surface area contributed by atoms with E-state index in [9.17, 15) is 85.6 Å². The maximum Gasteiger partial charge on any atom is 0.364 e. The highest BCUT2D eigenvalue weighted by molar-refractivity contribution is 5.77. The predicted molar refractivity (Wildman–Crippen MR) is 344 cm³/mol. The van der Waals surface area contributed by atoms with Crippen LogP contribution in [0.5, 0.6) is 0 Å². The van der Waals surface area contributed by atoms with Gasteiger partial charge in [-0.2, -0.15) is 0 Å². The Balaban J connectivity index is 1.61. The molecule has 4 aliphatic rings. The van der Waals surface area contributed by atoms with Crippen LogP contribution in [0.15, 0.2) is 12.2 Å². The molecule has 4 rings (SSSR count). The molecule has 3 amide bonds. The SMILES string of the molecule is CCCCCCCCCCCCC/C=C/[C@@H](O)[C@H](CO[C@@H]1OC(CO)[C@@H](O[C@@H]2OC(CO)[C@H](O)[C@H](O[C@]3(C(=O)O)CC(O)[C@@H](NC(C)=O)C(C(O)[C@H](O)CO)O3)C2O)[C@H](O[C@@H]2OC(C)[C@@H](O)[C@H](O)C2O)C1NC(C)=O)NC(=O)CCCCCCCCCCCCCCCCC. The zero-order valence-corrected chi connectivity index (χ0v) is 56.9. The van der Waals surface area contributed by atoms with Crippen molar-refractivity contribution in [3.63, 3.8) is 0 Å². The van der Waals surface area contributed by atoms with Crippen LogP contribution >= 0.6 is 0 Å². The molecule has 95 heavy (non-hydrogen) atoms. The number of amides is 3. The van der Waals surface area contributed by atoms with Crippen molar-refractivity contribution in [2.75, 3.05) is 26.4 Å². The number of carbonyl (C=O) groups is 4. The maximum absolute atomic E-state index is 13.8. The number of carboxylic acids is 1. The van der Waals surface area contributed by atoms with E-state index in [-0.39, 0.29) is 12.3 Å². The molecule has 4 saturated heterocycles. The first-order valence-corrected chi connectivity index (χ1v) is 35.4. The zero-order chi connectivity index (χ0) is 70.0. The Morgan fingerprint density at radius 2 is 1.05 bits per heavy atom. The molecule has 0 aromatic heterocycles. The van der Waals surface area contributed by atoms with E-state index in [1.807, 2.05) is 6.08 Å². The minimum Gasteiger partial charge on any atom is -0.477 e. The lowest BCUT2D eigenvalue weighted by Gasteiger charge is -2.51. The zero-order valence-electron chi connectivity index (χ0n) is 56.9. The fraction of sp³-hybridized carbons (Fsp3) is 0.910. The van der Waals surface area contributed by atoms with Crippen molar-refractivity contribution in [3.8, 4) is 0 Å². The van der Waals surface area contributed by atoms with Crippen molar-refractivity contribution >= 4 is 23.7 Å². The Kier molecular flexibility index (Phi) is 40.4. The number of aliphatic hydroxyl groups excluding tert-OH is 12. The molecule has 4 aliphatic heterocycles. The third kappa shape index (κ3) is 27.7. The van der Waals surface area contributed by atoms with E-state index in [4.69, 9.17) is 37.9 Å². The fourth-order valence-corrected chi connectivity index (χ4v) is 12.8. The fourth-order valence-electron chi connectivity index (χ4n) is 12.8. The van der Waals surface area contributed by atoms with Gasteiger partial charge in [-0.25, -0.2) is 4.79 Å². The summed E-state index contributed by atoms with van der Waals surface area (Å²) in [6.45, 7) is 4.23. The van der Waals surface area contributed by atoms with Gasteiger partial charge in [-0.05, 0) is 26.2 Å². The highest BCUT2D eigenvalue weighted by Gasteiger charge is 2.61. The number of nitrogens with one attached hydrogen (secondary N) is 3. The molecule has 0 bridgehead atoms. The molecule has 16 N–H and O–H groups in total. The van der Waals surface area contributed by atoms with Crippen LogP contribution in [0.1, 0.15) is 221 Å². The molecule has 0 radical (unpaired) electrons. The number of allylic oxidation sites excluding steroid dienone is 1. The first-order chi connectivity index (χ1) is 45.5. The average Bonchev–Trinajstić information content (AvgIpc) is 0.760. The lowest BCUT2D eigenvalue weighted by Crippen LogP contribution is -2.71. The number of carboxylic acid groups (broad SMARTS) is 1. The van der Waals surface area contributed by atoms with Gasteiger partial charge in [0.25, 0.3) is 5.79 Å². The Bertz CT molecular complexity index is 2160. The van der Waals surface area contributed by atoms with Gasteiger partial charge in [-0.1, -0.05) is 180 Å². The molecule has 28 heteroatoms. The number of unbranched alkanes of at least 4 members (excludes halogenated alkanes) is 25. The second-order valence-corrected chi connectivity index (χ2v) is 26.5. The number of hydrogen-bond acceptors (Lipinski definition) is 24. The van der Waals surface area contributed by atoms with E-state index in [1.165, 1.54) is 116 Å². The second kappa shape index (κ2) is 45.6. The Labute approximate surface area is 561 Å². The van der Waals surface area contributed by atoms with Crippen molar-refractivity contribution in [1.29, 1.82) is 0 Å². The summed E-state index contributed by atoms with van der Waals surface area (Å²) in [7, 11) is 0. The predicted octanol–water partition coefficient (Wildman–Crippen LogP) is 2.16. The molecule has 0 spiro atoms. The van der Waals surface area contributed by atoms with E-state index in [2.05, 4.69) is 29.8 Å². The Morgan fingerprint density at radius 1 is 0.568 bits per heavy atom. The topological polar surface area (TPSA) is 441 Å². The van der Waals surface area contributed by atoms with Gasteiger partial charge in [0.1, 0.15) is 85.4 Å². The summed E-state index contributed by atoms with van der Waals surface area (Å²) < 4.78 is 48.7. The number of hydrogen-bond donors (Lipinski definition) is 16. The van der Waals surface area contributed by atoms with Crippen LogP contribution in [0.4, 0.5) is 0 Å². The molecule has 0 aromatic rings. The molecule has 4 heterocycles. The van der Waals surface area contributed by atoms with Gasteiger partial charge in [0.05, 0.1) is 56.8 Å². The van der Waals surface area contributed by atoms with Crippen LogP contribution in [-0.2, 0) is 57.1 Å². The van der Waals surface area contributed by atoms with Gasteiger partial charge in [0, 0.05) is 26.7 Å². The third-order valence-electron chi connectivity index (χ3n) is 18.4. The first kappa shape index (κ1) is 84.2. The summed E-state index contributed by atoms with van der Waals surface area (Å²) >= 11 is 0. The molecule has 9 unspecified atom stereocenters. The monoisotopic (exact) mass is 1370 g/mol. The van der Waals surface area contributed by atoms with Crippen LogP contribution in [0.25, 0.3) is 0 Å². The van der Waals surface area contributed by atoms with Crippen molar-refractivity contribution in [2.45, 2.75) is 361 Å². The minimum absolute atomic E-state index is 0.140. The molecular formula is C67H121N3O25. The number of aliphatic hydroxyl groups is 12. The maximum atomic E-state index is 13.8. The molecule has 0 saturated carbocycles. The molecule has 23 atom stereocenters. The van der Waals surface area contributed by atoms with Gasteiger partial charge < -0.3 is 120 Å². The van der Waals surface area contributed by atoms with Crippen LogP contribution in [0.2, 0.25) is 0 Å². The van der Waals surface area contributed by atoms with Crippen molar-refractivity contribution < 1.29 is 123 Å². The van der Waals surface area contributed by atoms with Crippen LogP contribution in [0, 0.1) is 0 Å². The molecule has 28 nitrogen and oxygen atoms in total. The largest absolute Gasteiger partial charge is 0.477 e. The standard InChI is InChI=1S/C67H121N3O25/c1-6-8-10-12-14-16-18-20-21-23-25-27-29-31-33-35-50(79)70-44(45(76)34-32-30-28-26-24-22-19-17-15-13-11-9-7-2)40-88-63-52(69-43(5)75)61(93-64-57(84)56(83)53(80)41(3)89-64)59(49(39-73)91-63)92-65-58(85)62(55(82)48(38-72)90-65)95-67(66(86)87)36-46(77)51(68-42(4)74)60(94-67)54(81)47(78)37-71/h32,34,41,44-49,51-65,71-73,76-78,80-85H,6-31,33,35-40H2,1-5H3,(H,68,74)(H,69,75)(H,70,79)(H,86,87)/b34-32+/t41?,44-,45+,46?,47+,48?,49?,51+,52?,53+,54?,55-,56-,57?,58?,59+,60?,61+,62-,63+,64-,65-,67-/m0/s1.